The van der Waals surface area contributed by atoms with E-state index in [9.17, 15) is 14.4 Å². The average Bonchev–Trinajstić information content (AvgIpc) is 2.66. The summed E-state index contributed by atoms with van der Waals surface area (Å²) in [4.78, 5) is 34.4. The predicted octanol–water partition coefficient (Wildman–Crippen LogP) is 0.626. The summed E-state index contributed by atoms with van der Waals surface area (Å²) in [7, 11) is 0. The zero-order valence-corrected chi connectivity index (χ0v) is 14.8. The number of carbonyl (C=O) groups excluding carboxylic acids is 3. The highest BCUT2D eigenvalue weighted by atomic mass is 16.5. The van der Waals surface area contributed by atoms with E-state index in [0.29, 0.717) is 11.3 Å². The number of ether oxygens (including phenoxy) is 1. The number of rotatable bonds is 7. The minimum atomic E-state index is -0.895. The van der Waals surface area contributed by atoms with Crippen LogP contribution < -0.4 is 21.2 Å². The van der Waals surface area contributed by atoms with E-state index in [-0.39, 0.29) is 13.2 Å². The summed E-state index contributed by atoms with van der Waals surface area (Å²) < 4.78 is 5.24. The van der Waals surface area contributed by atoms with Gasteiger partial charge in [0.15, 0.2) is 6.61 Å². The third-order valence-corrected chi connectivity index (χ3v) is 3.44. The first-order valence-corrected chi connectivity index (χ1v) is 8.12. The van der Waals surface area contributed by atoms with Gasteiger partial charge in [0.1, 0.15) is 5.75 Å². The Bertz CT molecular complexity index is 847. The molecule has 0 saturated carbocycles. The zero-order valence-electron chi connectivity index (χ0n) is 14.8. The molecule has 0 radical (unpaired) electrons. The van der Waals surface area contributed by atoms with Crippen molar-refractivity contribution in [3.05, 3.63) is 65.2 Å². The van der Waals surface area contributed by atoms with Gasteiger partial charge < -0.3 is 15.8 Å². The van der Waals surface area contributed by atoms with E-state index in [1.165, 1.54) is 6.21 Å². The van der Waals surface area contributed by atoms with Gasteiger partial charge in [-0.2, -0.15) is 5.10 Å². The van der Waals surface area contributed by atoms with E-state index in [1.54, 1.807) is 24.3 Å². The van der Waals surface area contributed by atoms with Gasteiger partial charge in [0.2, 0.25) is 0 Å². The number of primary amides is 1. The van der Waals surface area contributed by atoms with Crippen LogP contribution in [0, 0.1) is 6.92 Å². The Balaban J connectivity index is 1.86. The van der Waals surface area contributed by atoms with Crippen LogP contribution in [0.25, 0.3) is 0 Å². The molecular formula is C19H20N4O4. The molecule has 0 unspecified atom stereocenters. The van der Waals surface area contributed by atoms with E-state index < -0.39 is 17.7 Å². The number of aryl methyl sites for hydroxylation is 1. The molecule has 27 heavy (non-hydrogen) atoms. The van der Waals surface area contributed by atoms with Crippen molar-refractivity contribution in [3.8, 4) is 5.75 Å². The molecule has 0 saturated heterocycles. The van der Waals surface area contributed by atoms with Crippen molar-refractivity contribution in [1.29, 1.82) is 0 Å². The lowest BCUT2D eigenvalue weighted by Crippen LogP contribution is -2.37. The number of hydrazone groups is 1. The fraction of sp³-hybridized carbons (Fsp3) is 0.158. The minimum Gasteiger partial charge on any atom is -0.483 e. The van der Waals surface area contributed by atoms with Crippen molar-refractivity contribution in [1.82, 2.24) is 10.7 Å². The predicted molar refractivity (Wildman–Crippen MR) is 99.9 cm³/mol. The van der Waals surface area contributed by atoms with Crippen LogP contribution in [0.3, 0.4) is 0 Å². The van der Waals surface area contributed by atoms with Crippen LogP contribution >= 0.6 is 0 Å². The Labute approximate surface area is 156 Å². The molecule has 8 nitrogen and oxygen atoms in total. The number of hydrogen-bond acceptors (Lipinski definition) is 5. The number of benzene rings is 2. The van der Waals surface area contributed by atoms with Crippen LogP contribution in [0.4, 0.5) is 0 Å². The molecule has 0 fully saturated rings. The second kappa shape index (κ2) is 9.71. The molecular weight excluding hydrogens is 348 g/mol. The lowest BCUT2D eigenvalue weighted by Gasteiger charge is -2.07. The quantitative estimate of drug-likeness (QED) is 0.377. The number of nitrogens with zero attached hydrogens (tertiary/aromatic N) is 1. The van der Waals surface area contributed by atoms with Crippen LogP contribution in [0.2, 0.25) is 0 Å². The molecule has 0 bridgehead atoms. The molecule has 8 heteroatoms. The Morgan fingerprint density at radius 2 is 1.78 bits per heavy atom. The number of amides is 3. The number of nitrogens with two attached hydrogens (primary N) is 1. The first kappa shape index (κ1) is 19.6. The van der Waals surface area contributed by atoms with Gasteiger partial charge in [0, 0.05) is 12.1 Å². The Morgan fingerprint density at radius 3 is 2.48 bits per heavy atom. The summed E-state index contributed by atoms with van der Waals surface area (Å²) in [5, 5.41) is 6.25. The first-order valence-electron chi connectivity index (χ1n) is 8.12. The highest BCUT2D eigenvalue weighted by Crippen LogP contribution is 2.15. The maximum Gasteiger partial charge on any atom is 0.329 e. The molecule has 4 N–H and O–H groups in total. The third kappa shape index (κ3) is 6.62. The molecule has 2 aromatic carbocycles. The molecule has 0 spiro atoms. The molecule has 0 aliphatic rings. The van der Waals surface area contributed by atoms with Crippen molar-refractivity contribution >= 4 is 23.9 Å². The Morgan fingerprint density at radius 1 is 1.07 bits per heavy atom. The molecule has 0 heterocycles. The second-order valence-corrected chi connectivity index (χ2v) is 5.66. The van der Waals surface area contributed by atoms with Crippen molar-refractivity contribution < 1.29 is 19.1 Å². The van der Waals surface area contributed by atoms with Crippen molar-refractivity contribution in [2.75, 3.05) is 6.61 Å². The Hall–Kier alpha value is -3.68. The molecule has 0 aliphatic carbocycles. The number of hydrogen-bond donors (Lipinski definition) is 3. The fourth-order valence-corrected chi connectivity index (χ4v) is 2.05. The summed E-state index contributed by atoms with van der Waals surface area (Å²) in [6, 6.07) is 14.3. The van der Waals surface area contributed by atoms with E-state index in [2.05, 4.69) is 15.8 Å². The van der Waals surface area contributed by atoms with Crippen LogP contribution in [0.5, 0.6) is 5.75 Å². The molecule has 2 aromatic rings. The van der Waals surface area contributed by atoms with Crippen molar-refractivity contribution in [2.24, 2.45) is 10.8 Å². The highest BCUT2D eigenvalue weighted by Gasteiger charge is 2.12. The molecule has 2 rings (SSSR count). The topological polar surface area (TPSA) is 123 Å². The van der Waals surface area contributed by atoms with E-state index >= 15 is 0 Å². The summed E-state index contributed by atoms with van der Waals surface area (Å²) in [6.45, 7) is 1.92. The minimum absolute atomic E-state index is 0.236. The van der Waals surface area contributed by atoms with Crippen LogP contribution in [-0.2, 0) is 20.9 Å². The van der Waals surface area contributed by atoms with Gasteiger partial charge in [-0.05, 0) is 24.6 Å². The highest BCUT2D eigenvalue weighted by molar-refractivity contribution is 6.35. The summed E-state index contributed by atoms with van der Waals surface area (Å²) in [5.41, 5.74) is 9.68. The maximum atomic E-state index is 11.8. The van der Waals surface area contributed by atoms with Crippen molar-refractivity contribution in [3.63, 3.8) is 0 Å². The van der Waals surface area contributed by atoms with Gasteiger partial charge in [0.05, 0.1) is 6.21 Å². The largest absolute Gasteiger partial charge is 0.483 e. The molecule has 3 amide bonds. The molecule has 0 aliphatic heterocycles. The second-order valence-electron chi connectivity index (χ2n) is 5.66. The third-order valence-electron chi connectivity index (χ3n) is 3.44. The van der Waals surface area contributed by atoms with Gasteiger partial charge in [-0.1, -0.05) is 42.0 Å². The van der Waals surface area contributed by atoms with Crippen LogP contribution in [-0.4, -0.2) is 30.5 Å². The normalized spacial score (nSPS) is 10.4. The number of carbonyl (C=O) groups is 3. The molecule has 0 aromatic heterocycles. The van der Waals surface area contributed by atoms with Gasteiger partial charge in [-0.25, -0.2) is 5.43 Å². The Kier molecular flexibility index (Phi) is 7.07. The van der Waals surface area contributed by atoms with Crippen LogP contribution in [0.1, 0.15) is 16.7 Å². The number of para-hydroxylation sites is 1. The smallest absolute Gasteiger partial charge is 0.329 e. The molecule has 0 atom stereocenters. The average molecular weight is 368 g/mol. The lowest BCUT2D eigenvalue weighted by molar-refractivity contribution is -0.139. The molecule has 140 valence electrons. The standard InChI is InChI=1S/C19H20N4O4/c1-13-6-8-14(9-7-13)10-21-18(25)19(26)23-22-11-15-4-2-3-5-16(15)27-12-17(20)24/h2-9,11H,10,12H2,1H3,(H2,20,24)(H,21,25)(H,23,26)/b22-11-. The lowest BCUT2D eigenvalue weighted by atomic mass is 10.1. The number of nitrogens with one attached hydrogen (secondary N) is 2. The van der Waals surface area contributed by atoms with E-state index in [4.69, 9.17) is 10.5 Å². The fourth-order valence-electron chi connectivity index (χ4n) is 2.05. The maximum absolute atomic E-state index is 11.8. The summed E-state index contributed by atoms with van der Waals surface area (Å²) >= 11 is 0. The van der Waals surface area contributed by atoms with Crippen molar-refractivity contribution in [2.45, 2.75) is 13.5 Å². The van der Waals surface area contributed by atoms with Gasteiger partial charge in [-0.3, -0.25) is 14.4 Å². The summed E-state index contributed by atoms with van der Waals surface area (Å²) in [6.07, 6.45) is 1.31. The van der Waals surface area contributed by atoms with E-state index in [0.717, 1.165) is 11.1 Å². The first-order chi connectivity index (χ1) is 13.0. The zero-order chi connectivity index (χ0) is 19.6. The monoisotopic (exact) mass is 368 g/mol. The van der Waals surface area contributed by atoms with Crippen LogP contribution in [0.15, 0.2) is 53.6 Å². The van der Waals surface area contributed by atoms with E-state index in [1.807, 2.05) is 31.2 Å². The summed E-state index contributed by atoms with van der Waals surface area (Å²) in [5.74, 6) is -1.93. The van der Waals surface area contributed by atoms with Gasteiger partial charge >= 0.3 is 11.8 Å². The SMILES string of the molecule is Cc1ccc(CNC(=O)C(=O)N/N=C\c2ccccc2OCC(N)=O)cc1. The van der Waals surface area contributed by atoms with Gasteiger partial charge in [-0.15, -0.1) is 0 Å². The van der Waals surface area contributed by atoms with Gasteiger partial charge in [0.25, 0.3) is 5.91 Å².